The van der Waals surface area contributed by atoms with Gasteiger partial charge < -0.3 is 10.1 Å². The van der Waals surface area contributed by atoms with Gasteiger partial charge in [0.05, 0.1) is 24.4 Å². The Morgan fingerprint density at radius 2 is 1.97 bits per heavy atom. The number of nitrogens with zero attached hydrogens (tertiary/aromatic N) is 3. The van der Waals surface area contributed by atoms with Gasteiger partial charge in [-0.2, -0.15) is 18.3 Å². The van der Waals surface area contributed by atoms with Crippen LogP contribution in [0.1, 0.15) is 54.2 Å². The van der Waals surface area contributed by atoms with Crippen LogP contribution in [-0.2, 0) is 6.18 Å². The van der Waals surface area contributed by atoms with E-state index in [9.17, 15) is 18.0 Å². The molecule has 4 rings (SSSR count). The highest BCUT2D eigenvalue weighted by Gasteiger charge is 2.33. The SMILES string of the molecule is COc1cc2nn(C3CCCCC3)cc2cc1NC(=O)c1ccnc(C(F)(F)F)c1. The van der Waals surface area contributed by atoms with Gasteiger partial charge in [0, 0.05) is 29.4 Å². The highest BCUT2D eigenvalue weighted by atomic mass is 19.4. The van der Waals surface area contributed by atoms with Gasteiger partial charge in [0.15, 0.2) is 0 Å². The summed E-state index contributed by atoms with van der Waals surface area (Å²) in [6.07, 6.45) is 4.04. The lowest BCUT2D eigenvalue weighted by molar-refractivity contribution is -0.141. The summed E-state index contributed by atoms with van der Waals surface area (Å²) < 4.78 is 46.0. The molecule has 1 saturated carbocycles. The zero-order valence-electron chi connectivity index (χ0n) is 16.4. The molecular weight excluding hydrogens is 397 g/mol. The number of nitrogens with one attached hydrogen (secondary N) is 1. The zero-order chi connectivity index (χ0) is 21.3. The van der Waals surface area contributed by atoms with Crippen molar-refractivity contribution < 1.29 is 22.7 Å². The van der Waals surface area contributed by atoms with Gasteiger partial charge in [-0.15, -0.1) is 0 Å². The molecule has 1 amide bonds. The Balaban J connectivity index is 1.62. The van der Waals surface area contributed by atoms with Crippen molar-refractivity contribution in [3.8, 4) is 5.75 Å². The second-order valence-corrected chi connectivity index (χ2v) is 7.39. The molecule has 158 valence electrons. The Morgan fingerprint density at radius 3 is 2.67 bits per heavy atom. The third kappa shape index (κ3) is 4.10. The highest BCUT2D eigenvalue weighted by Crippen LogP contribution is 2.34. The quantitative estimate of drug-likeness (QED) is 0.631. The van der Waals surface area contributed by atoms with Crippen LogP contribution in [0.2, 0.25) is 0 Å². The summed E-state index contributed by atoms with van der Waals surface area (Å²) in [5, 5.41) is 8.12. The van der Waals surface area contributed by atoms with E-state index < -0.39 is 17.8 Å². The predicted molar refractivity (Wildman–Crippen MR) is 106 cm³/mol. The fraction of sp³-hybridized carbons (Fsp3) is 0.381. The fourth-order valence-corrected chi connectivity index (χ4v) is 3.79. The minimum atomic E-state index is -4.62. The molecule has 3 aromatic rings. The number of fused-ring (bicyclic) bond motifs is 1. The van der Waals surface area contributed by atoms with Crippen molar-refractivity contribution in [1.82, 2.24) is 14.8 Å². The number of benzene rings is 1. The summed E-state index contributed by atoms with van der Waals surface area (Å²) in [4.78, 5) is 15.8. The monoisotopic (exact) mass is 418 g/mol. The number of alkyl halides is 3. The Hall–Kier alpha value is -3.10. The van der Waals surface area contributed by atoms with E-state index in [-0.39, 0.29) is 5.56 Å². The topological polar surface area (TPSA) is 69.0 Å². The number of hydrogen-bond acceptors (Lipinski definition) is 4. The van der Waals surface area contributed by atoms with Crippen LogP contribution >= 0.6 is 0 Å². The van der Waals surface area contributed by atoms with Crippen LogP contribution in [0, 0.1) is 0 Å². The lowest BCUT2D eigenvalue weighted by atomic mass is 9.96. The van der Waals surface area contributed by atoms with Crippen molar-refractivity contribution in [1.29, 1.82) is 0 Å². The Morgan fingerprint density at radius 1 is 1.20 bits per heavy atom. The smallest absolute Gasteiger partial charge is 0.433 e. The van der Waals surface area contributed by atoms with Crippen molar-refractivity contribution in [2.45, 2.75) is 44.3 Å². The standard InChI is InChI=1S/C21H21F3N4O2/c1-30-18-11-16-14(12-28(27-16)15-5-3-2-4-6-15)9-17(18)26-20(29)13-7-8-25-19(10-13)21(22,23)24/h7-12,15H,2-6H2,1H3,(H,26,29). The normalized spacial score (nSPS) is 15.3. The van der Waals surface area contributed by atoms with Crippen molar-refractivity contribution in [3.63, 3.8) is 0 Å². The summed E-state index contributed by atoms with van der Waals surface area (Å²) in [5.41, 5.74) is -0.161. The largest absolute Gasteiger partial charge is 0.494 e. The number of pyridine rings is 1. The molecule has 0 atom stereocenters. The molecule has 0 bridgehead atoms. The molecule has 9 heteroatoms. The molecule has 1 fully saturated rings. The molecule has 6 nitrogen and oxygen atoms in total. The molecule has 0 unspecified atom stereocenters. The number of carbonyl (C=O) groups is 1. The van der Waals surface area contributed by atoms with E-state index in [1.165, 1.54) is 32.4 Å². The van der Waals surface area contributed by atoms with Crippen LogP contribution in [0.3, 0.4) is 0 Å². The predicted octanol–water partition coefficient (Wildman–Crippen LogP) is 5.22. The number of methoxy groups -OCH3 is 1. The average molecular weight is 418 g/mol. The number of amides is 1. The molecule has 2 aromatic heterocycles. The lowest BCUT2D eigenvalue weighted by Gasteiger charge is -2.21. The average Bonchev–Trinajstić information content (AvgIpc) is 3.16. The first-order chi connectivity index (χ1) is 14.3. The van der Waals surface area contributed by atoms with Crippen LogP contribution in [0.5, 0.6) is 5.75 Å². The van der Waals surface area contributed by atoms with Crippen molar-refractivity contribution in [3.05, 3.63) is 47.9 Å². The van der Waals surface area contributed by atoms with Gasteiger partial charge in [-0.25, -0.2) is 0 Å². The zero-order valence-corrected chi connectivity index (χ0v) is 16.4. The van der Waals surface area contributed by atoms with Crippen LogP contribution < -0.4 is 10.1 Å². The van der Waals surface area contributed by atoms with Gasteiger partial charge in [-0.3, -0.25) is 14.5 Å². The maximum atomic E-state index is 12.9. The molecule has 0 saturated heterocycles. The fourth-order valence-electron chi connectivity index (χ4n) is 3.79. The summed E-state index contributed by atoms with van der Waals surface area (Å²) in [5.74, 6) is -0.296. The van der Waals surface area contributed by atoms with E-state index in [0.29, 0.717) is 17.5 Å². The maximum absolute atomic E-state index is 12.9. The number of carbonyl (C=O) groups excluding carboxylic acids is 1. The Labute approximate surface area is 171 Å². The van der Waals surface area contributed by atoms with Gasteiger partial charge in [0.2, 0.25) is 0 Å². The van der Waals surface area contributed by atoms with Crippen molar-refractivity contribution >= 4 is 22.5 Å². The van der Waals surface area contributed by atoms with E-state index in [1.54, 1.807) is 12.1 Å². The van der Waals surface area contributed by atoms with Gasteiger partial charge in [-0.1, -0.05) is 19.3 Å². The molecule has 30 heavy (non-hydrogen) atoms. The van der Waals surface area contributed by atoms with Crippen molar-refractivity contribution in [2.24, 2.45) is 0 Å². The summed E-state index contributed by atoms with van der Waals surface area (Å²) in [6.45, 7) is 0. The van der Waals surface area contributed by atoms with Gasteiger partial charge >= 0.3 is 6.18 Å². The molecule has 2 heterocycles. The highest BCUT2D eigenvalue weighted by molar-refractivity contribution is 6.06. The van der Waals surface area contributed by atoms with Crippen LogP contribution in [0.15, 0.2) is 36.7 Å². The molecule has 0 aliphatic heterocycles. The number of hydrogen-bond donors (Lipinski definition) is 1. The summed E-state index contributed by atoms with van der Waals surface area (Å²) >= 11 is 0. The second kappa shape index (κ2) is 7.97. The van der Waals surface area contributed by atoms with Gasteiger partial charge in [-0.05, 0) is 31.0 Å². The van der Waals surface area contributed by atoms with E-state index in [0.717, 1.165) is 36.0 Å². The third-order valence-corrected chi connectivity index (χ3v) is 5.35. The lowest BCUT2D eigenvalue weighted by Crippen LogP contribution is -2.15. The molecular formula is C21H21F3N4O2. The summed E-state index contributed by atoms with van der Waals surface area (Å²) in [6, 6.07) is 5.76. The number of anilines is 1. The molecule has 0 radical (unpaired) electrons. The van der Waals surface area contributed by atoms with Crippen LogP contribution in [-0.4, -0.2) is 27.8 Å². The Kier molecular flexibility index (Phi) is 5.36. The number of ether oxygens (including phenoxy) is 1. The van der Waals surface area contributed by atoms with E-state index in [1.807, 2.05) is 10.9 Å². The van der Waals surface area contributed by atoms with Crippen molar-refractivity contribution in [2.75, 3.05) is 12.4 Å². The van der Waals surface area contributed by atoms with Gasteiger partial charge in [0.25, 0.3) is 5.91 Å². The first kappa shape index (κ1) is 20.2. The first-order valence-electron chi connectivity index (χ1n) is 9.76. The molecule has 1 aliphatic carbocycles. The van der Waals surface area contributed by atoms with Crippen LogP contribution in [0.25, 0.3) is 10.9 Å². The maximum Gasteiger partial charge on any atom is 0.433 e. The number of aromatic nitrogens is 3. The van der Waals surface area contributed by atoms with Gasteiger partial charge in [0.1, 0.15) is 11.4 Å². The molecule has 1 N–H and O–H groups in total. The molecule has 1 aromatic carbocycles. The minimum Gasteiger partial charge on any atom is -0.494 e. The second-order valence-electron chi connectivity index (χ2n) is 7.39. The van der Waals surface area contributed by atoms with Crippen LogP contribution in [0.4, 0.5) is 18.9 Å². The molecule has 0 spiro atoms. The Bertz CT molecular complexity index is 1070. The minimum absolute atomic E-state index is 0.141. The number of halogens is 3. The third-order valence-electron chi connectivity index (χ3n) is 5.35. The summed E-state index contributed by atoms with van der Waals surface area (Å²) in [7, 11) is 1.46. The molecule has 1 aliphatic rings. The number of rotatable bonds is 4. The van der Waals surface area contributed by atoms with E-state index >= 15 is 0 Å². The van der Waals surface area contributed by atoms with E-state index in [2.05, 4.69) is 15.4 Å². The first-order valence-corrected chi connectivity index (χ1v) is 9.76. The van der Waals surface area contributed by atoms with E-state index in [4.69, 9.17) is 4.74 Å².